The van der Waals surface area contributed by atoms with Crippen molar-refractivity contribution in [2.24, 2.45) is 5.92 Å². The highest BCUT2D eigenvalue weighted by atomic mass is 35.5. The fourth-order valence-corrected chi connectivity index (χ4v) is 5.38. The van der Waals surface area contributed by atoms with Gasteiger partial charge in [0.15, 0.2) is 0 Å². The molecule has 3 heterocycles. The van der Waals surface area contributed by atoms with Crippen molar-refractivity contribution in [1.29, 1.82) is 0 Å². The Hall–Kier alpha value is -2.09. The zero-order valence-corrected chi connectivity index (χ0v) is 19.3. The van der Waals surface area contributed by atoms with Crippen LogP contribution in [0.25, 0.3) is 0 Å². The molecule has 1 unspecified atom stereocenters. The van der Waals surface area contributed by atoms with Crippen molar-refractivity contribution < 1.29 is 14.4 Å². The molecule has 9 heteroatoms. The predicted octanol–water partition coefficient (Wildman–Crippen LogP) is 3.89. The molecule has 1 aromatic carbocycles. The fourth-order valence-electron chi connectivity index (χ4n) is 4.17. The first-order chi connectivity index (χ1) is 14.9. The van der Waals surface area contributed by atoms with E-state index in [1.54, 1.807) is 28.0 Å². The van der Waals surface area contributed by atoms with Gasteiger partial charge in [-0.2, -0.15) is 0 Å². The third-order valence-corrected chi connectivity index (χ3v) is 7.07. The number of halogens is 2. The molecular weight excluding hydrogens is 457 g/mol. The monoisotopic (exact) mass is 479 g/mol. The Morgan fingerprint density at radius 3 is 2.19 bits per heavy atom. The van der Waals surface area contributed by atoms with E-state index in [9.17, 15) is 14.4 Å². The molecule has 0 spiro atoms. The molecule has 2 aromatic rings. The molecule has 6 nitrogen and oxygen atoms in total. The lowest BCUT2D eigenvalue weighted by atomic mass is 9.96. The molecule has 0 aliphatic carbocycles. The van der Waals surface area contributed by atoms with Gasteiger partial charge in [0, 0.05) is 54.9 Å². The first-order valence-electron chi connectivity index (χ1n) is 10.3. The number of rotatable bonds is 3. The molecule has 164 valence electrons. The Labute approximate surface area is 195 Å². The molecular formula is C22H23Cl2N3O3S. The highest BCUT2D eigenvalue weighted by molar-refractivity contribution is 7.12. The third kappa shape index (κ3) is 5.05. The molecule has 1 aromatic heterocycles. The Balaban J connectivity index is 1.33. The van der Waals surface area contributed by atoms with Gasteiger partial charge in [-0.25, -0.2) is 0 Å². The lowest BCUT2D eigenvalue weighted by molar-refractivity contribution is -0.138. The maximum atomic E-state index is 13.1. The van der Waals surface area contributed by atoms with E-state index in [0.29, 0.717) is 59.8 Å². The average Bonchev–Trinajstić information content (AvgIpc) is 3.32. The molecule has 3 amide bonds. The van der Waals surface area contributed by atoms with E-state index in [1.807, 2.05) is 22.4 Å². The maximum Gasteiger partial charge on any atom is 0.263 e. The number of amides is 3. The van der Waals surface area contributed by atoms with Crippen molar-refractivity contribution in [3.8, 4) is 0 Å². The van der Waals surface area contributed by atoms with Crippen LogP contribution >= 0.6 is 34.5 Å². The minimum atomic E-state index is -0.188. The molecule has 0 radical (unpaired) electrons. The summed E-state index contributed by atoms with van der Waals surface area (Å²) in [6, 6.07) is 8.49. The molecule has 2 aliphatic rings. The summed E-state index contributed by atoms with van der Waals surface area (Å²) in [5.74, 6) is -0.252. The summed E-state index contributed by atoms with van der Waals surface area (Å²) >= 11 is 13.5. The minimum Gasteiger partial charge on any atom is -0.339 e. The molecule has 2 saturated heterocycles. The number of hydrogen-bond donors (Lipinski definition) is 0. The number of hydrogen-bond acceptors (Lipinski definition) is 4. The van der Waals surface area contributed by atoms with Crippen LogP contribution in [0.5, 0.6) is 0 Å². The average molecular weight is 480 g/mol. The van der Waals surface area contributed by atoms with Crippen molar-refractivity contribution in [2.45, 2.75) is 12.8 Å². The Morgan fingerprint density at radius 1 is 0.871 bits per heavy atom. The van der Waals surface area contributed by atoms with Gasteiger partial charge in [-0.1, -0.05) is 29.3 Å². The van der Waals surface area contributed by atoms with E-state index in [-0.39, 0.29) is 23.6 Å². The van der Waals surface area contributed by atoms with Crippen molar-refractivity contribution in [2.75, 3.05) is 39.3 Å². The normalized spacial score (nSPS) is 19.4. The largest absolute Gasteiger partial charge is 0.339 e. The smallest absolute Gasteiger partial charge is 0.263 e. The molecule has 2 aliphatic heterocycles. The van der Waals surface area contributed by atoms with Gasteiger partial charge in [-0.15, -0.1) is 11.3 Å². The summed E-state index contributed by atoms with van der Waals surface area (Å²) in [7, 11) is 0. The third-order valence-electron chi connectivity index (χ3n) is 5.78. The van der Waals surface area contributed by atoms with Crippen LogP contribution < -0.4 is 0 Å². The number of carbonyl (C=O) groups excluding carboxylic acids is 3. The van der Waals surface area contributed by atoms with Gasteiger partial charge in [-0.05, 0) is 42.5 Å². The summed E-state index contributed by atoms with van der Waals surface area (Å²) in [6.07, 6.45) is 1.61. The van der Waals surface area contributed by atoms with Crippen LogP contribution in [0, 0.1) is 5.92 Å². The van der Waals surface area contributed by atoms with E-state index < -0.39 is 0 Å². The number of benzene rings is 1. The van der Waals surface area contributed by atoms with E-state index >= 15 is 0 Å². The zero-order valence-electron chi connectivity index (χ0n) is 16.9. The number of likely N-dealkylation sites (tertiary alicyclic amines) is 1. The van der Waals surface area contributed by atoms with E-state index in [1.165, 1.54) is 11.3 Å². The Kier molecular flexibility index (Phi) is 6.84. The Morgan fingerprint density at radius 2 is 1.55 bits per heavy atom. The van der Waals surface area contributed by atoms with Crippen molar-refractivity contribution >= 4 is 52.3 Å². The van der Waals surface area contributed by atoms with Gasteiger partial charge in [-0.3, -0.25) is 14.4 Å². The summed E-state index contributed by atoms with van der Waals surface area (Å²) < 4.78 is 0. The summed E-state index contributed by atoms with van der Waals surface area (Å²) in [4.78, 5) is 44.6. The van der Waals surface area contributed by atoms with Crippen LogP contribution in [0.1, 0.15) is 32.9 Å². The highest BCUT2D eigenvalue weighted by Crippen LogP contribution is 2.24. The maximum absolute atomic E-state index is 13.1. The van der Waals surface area contributed by atoms with Gasteiger partial charge in [0.25, 0.3) is 11.8 Å². The van der Waals surface area contributed by atoms with Gasteiger partial charge < -0.3 is 14.7 Å². The molecule has 0 N–H and O–H groups in total. The number of nitrogens with zero attached hydrogens (tertiary/aromatic N) is 3. The molecule has 1 atom stereocenters. The van der Waals surface area contributed by atoms with Gasteiger partial charge in [0.1, 0.15) is 0 Å². The molecule has 2 fully saturated rings. The second kappa shape index (κ2) is 9.59. The van der Waals surface area contributed by atoms with E-state index in [4.69, 9.17) is 23.2 Å². The second-order valence-corrected chi connectivity index (χ2v) is 9.66. The quantitative estimate of drug-likeness (QED) is 0.670. The van der Waals surface area contributed by atoms with Crippen molar-refractivity contribution in [1.82, 2.24) is 14.7 Å². The number of carbonyl (C=O) groups is 3. The van der Waals surface area contributed by atoms with Crippen molar-refractivity contribution in [3.05, 3.63) is 56.2 Å². The Bertz CT molecular complexity index is 954. The minimum absolute atomic E-state index is 0.00287. The van der Waals surface area contributed by atoms with E-state index in [2.05, 4.69) is 0 Å². The van der Waals surface area contributed by atoms with Crippen LogP contribution in [0.4, 0.5) is 0 Å². The lowest BCUT2D eigenvalue weighted by Crippen LogP contribution is -2.54. The number of piperazine rings is 1. The van der Waals surface area contributed by atoms with Crippen LogP contribution in [-0.4, -0.2) is 71.7 Å². The highest BCUT2D eigenvalue weighted by Gasteiger charge is 2.33. The second-order valence-electron chi connectivity index (χ2n) is 7.84. The molecule has 31 heavy (non-hydrogen) atoms. The van der Waals surface area contributed by atoms with Crippen LogP contribution in [-0.2, 0) is 4.79 Å². The van der Waals surface area contributed by atoms with E-state index in [0.717, 1.165) is 12.8 Å². The first-order valence-corrected chi connectivity index (χ1v) is 11.9. The van der Waals surface area contributed by atoms with Gasteiger partial charge >= 0.3 is 0 Å². The standard InChI is InChI=1S/C22H23Cl2N3O3S/c23-17-11-16(12-18(24)13-17)21(29)26-8-6-25(7-9-26)20(28)15-3-1-5-27(14-15)22(30)19-4-2-10-31-19/h2,4,10-13,15H,1,3,5-9,14H2. The van der Waals surface area contributed by atoms with Crippen LogP contribution in [0.15, 0.2) is 35.7 Å². The van der Waals surface area contributed by atoms with Crippen molar-refractivity contribution in [3.63, 3.8) is 0 Å². The number of thiophene rings is 1. The fraction of sp³-hybridized carbons (Fsp3) is 0.409. The summed E-state index contributed by atoms with van der Waals surface area (Å²) in [5.41, 5.74) is 0.451. The molecule has 0 saturated carbocycles. The molecule has 4 rings (SSSR count). The summed E-state index contributed by atoms with van der Waals surface area (Å²) in [6.45, 7) is 3.02. The number of piperidine rings is 1. The van der Waals surface area contributed by atoms with Crippen LogP contribution in [0.3, 0.4) is 0 Å². The topological polar surface area (TPSA) is 60.9 Å². The zero-order chi connectivity index (χ0) is 22.0. The summed E-state index contributed by atoms with van der Waals surface area (Å²) in [5, 5.41) is 2.73. The first kappa shape index (κ1) is 22.1. The lowest BCUT2D eigenvalue weighted by Gasteiger charge is -2.39. The molecule has 0 bridgehead atoms. The predicted molar refractivity (Wildman–Crippen MR) is 122 cm³/mol. The van der Waals surface area contributed by atoms with Crippen LogP contribution in [0.2, 0.25) is 10.0 Å². The van der Waals surface area contributed by atoms with Gasteiger partial charge in [0.05, 0.1) is 10.8 Å². The van der Waals surface area contributed by atoms with Gasteiger partial charge in [0.2, 0.25) is 5.91 Å². The SMILES string of the molecule is O=C(c1cc(Cl)cc(Cl)c1)N1CCN(C(=O)C2CCCN(C(=O)c3cccs3)C2)CC1.